The number of ether oxygens (including phenoxy) is 1. The van der Waals surface area contributed by atoms with E-state index in [0.717, 1.165) is 31.1 Å². The number of carbonyl (C=O) groups excluding carboxylic acids is 1. The van der Waals surface area contributed by atoms with E-state index in [9.17, 15) is 9.90 Å². The lowest BCUT2D eigenvalue weighted by molar-refractivity contribution is -0.144. The molecule has 172 valence electrons. The molecule has 1 amide bonds. The number of hydrogen-bond acceptors (Lipinski definition) is 8. The van der Waals surface area contributed by atoms with Gasteiger partial charge < -0.3 is 29.2 Å². The van der Waals surface area contributed by atoms with Gasteiger partial charge in [-0.05, 0) is 59.3 Å². The van der Waals surface area contributed by atoms with Crippen LogP contribution < -0.4 is 10.2 Å². The van der Waals surface area contributed by atoms with Crippen molar-refractivity contribution in [3.63, 3.8) is 0 Å². The molecule has 0 aliphatic carbocycles. The number of aliphatic hydroxyl groups is 2. The molecule has 1 aromatic heterocycles. The summed E-state index contributed by atoms with van der Waals surface area (Å²) in [6.45, 7) is 9.19. The molecular formula is C21H34BN3O6. The molecule has 2 fully saturated rings. The highest BCUT2D eigenvalue weighted by Gasteiger charge is 2.52. The summed E-state index contributed by atoms with van der Waals surface area (Å²) in [5.41, 5.74) is -0.0759. The maximum absolute atomic E-state index is 12.0. The summed E-state index contributed by atoms with van der Waals surface area (Å²) in [5.74, 6) is -0.0298. The van der Waals surface area contributed by atoms with Crippen molar-refractivity contribution in [1.29, 1.82) is 0 Å². The second kappa shape index (κ2) is 9.81. The summed E-state index contributed by atoms with van der Waals surface area (Å²) < 4.78 is 17.7. The summed E-state index contributed by atoms with van der Waals surface area (Å²) in [6, 6.07) is 0.312. The maximum atomic E-state index is 12.0. The molecule has 3 heterocycles. The topological polar surface area (TPSA) is 114 Å². The lowest BCUT2D eigenvalue weighted by Crippen LogP contribution is -2.46. The van der Waals surface area contributed by atoms with E-state index in [2.05, 4.69) is 9.97 Å². The summed E-state index contributed by atoms with van der Waals surface area (Å²) in [5, 5.41) is 18.5. The van der Waals surface area contributed by atoms with E-state index < -0.39 is 31.0 Å². The summed E-state index contributed by atoms with van der Waals surface area (Å²) >= 11 is 0. The van der Waals surface area contributed by atoms with Gasteiger partial charge >= 0.3 is 13.1 Å². The monoisotopic (exact) mass is 435 g/mol. The van der Waals surface area contributed by atoms with Gasteiger partial charge in [0.25, 0.3) is 5.91 Å². The number of carbonyl (C=O) groups is 1. The fourth-order valence-electron chi connectivity index (χ4n) is 3.83. The molecule has 3 rings (SSSR count). The smallest absolute Gasteiger partial charge is 0.463 e. The average Bonchev–Trinajstić information content (AvgIpc) is 2.97. The SMILES string of the molecule is CC1(C)OB(c2cnc(OCCC[C@H]3CCCN(C(=O)[C@@H](O)CO)C3)nc2)OC1(C)C. The number of nitrogens with zero attached hydrogens (tertiary/aromatic N) is 3. The van der Waals surface area contributed by atoms with E-state index in [0.29, 0.717) is 31.6 Å². The number of amides is 1. The molecule has 9 nitrogen and oxygen atoms in total. The predicted molar refractivity (Wildman–Crippen MR) is 115 cm³/mol. The van der Waals surface area contributed by atoms with E-state index in [-0.39, 0.29) is 5.91 Å². The van der Waals surface area contributed by atoms with Crippen molar-refractivity contribution in [2.75, 3.05) is 26.3 Å². The third kappa shape index (κ3) is 5.74. The largest absolute Gasteiger partial charge is 0.498 e. The molecule has 2 saturated heterocycles. The molecule has 0 saturated carbocycles. The first kappa shape index (κ1) is 23.9. The summed E-state index contributed by atoms with van der Waals surface area (Å²) in [6.07, 6.45) is 5.68. The van der Waals surface area contributed by atoms with Gasteiger partial charge in [0, 0.05) is 30.9 Å². The van der Waals surface area contributed by atoms with Crippen LogP contribution in [0.3, 0.4) is 0 Å². The Kier molecular flexibility index (Phi) is 7.57. The van der Waals surface area contributed by atoms with Gasteiger partial charge in [-0.1, -0.05) is 0 Å². The highest BCUT2D eigenvalue weighted by molar-refractivity contribution is 6.61. The van der Waals surface area contributed by atoms with Crippen molar-refractivity contribution in [1.82, 2.24) is 14.9 Å². The van der Waals surface area contributed by atoms with Gasteiger partial charge in [-0.2, -0.15) is 0 Å². The van der Waals surface area contributed by atoms with Crippen LogP contribution in [-0.4, -0.2) is 81.7 Å². The molecule has 1 aromatic rings. The van der Waals surface area contributed by atoms with Gasteiger partial charge in [0.05, 0.1) is 24.4 Å². The molecule has 0 radical (unpaired) electrons. The Balaban J connectivity index is 1.41. The Morgan fingerprint density at radius 2 is 1.94 bits per heavy atom. The van der Waals surface area contributed by atoms with Crippen molar-refractivity contribution in [3.05, 3.63) is 12.4 Å². The van der Waals surface area contributed by atoms with Gasteiger partial charge in [-0.15, -0.1) is 0 Å². The van der Waals surface area contributed by atoms with Crippen LogP contribution in [0.15, 0.2) is 12.4 Å². The van der Waals surface area contributed by atoms with E-state index in [1.54, 1.807) is 17.3 Å². The van der Waals surface area contributed by atoms with Crippen molar-refractivity contribution < 1.29 is 29.1 Å². The lowest BCUT2D eigenvalue weighted by Gasteiger charge is -2.33. The van der Waals surface area contributed by atoms with Crippen LogP contribution in [0.1, 0.15) is 53.4 Å². The van der Waals surface area contributed by atoms with Gasteiger partial charge in [0.2, 0.25) is 0 Å². The Morgan fingerprint density at radius 3 is 2.55 bits per heavy atom. The minimum atomic E-state index is -1.32. The third-order valence-corrected chi connectivity index (χ3v) is 6.45. The lowest BCUT2D eigenvalue weighted by atomic mass is 9.81. The van der Waals surface area contributed by atoms with Crippen LogP contribution in [-0.2, 0) is 14.1 Å². The normalized spacial score (nSPS) is 23.6. The highest BCUT2D eigenvalue weighted by atomic mass is 16.7. The van der Waals surface area contributed by atoms with E-state index in [1.807, 2.05) is 27.7 Å². The van der Waals surface area contributed by atoms with Crippen LogP contribution in [0.2, 0.25) is 0 Å². The van der Waals surface area contributed by atoms with Crippen LogP contribution >= 0.6 is 0 Å². The van der Waals surface area contributed by atoms with Crippen LogP contribution in [0.4, 0.5) is 0 Å². The standard InChI is InChI=1S/C21H34BN3O6/c1-20(2)21(3,4)31-22(30-20)16-11-23-19(24-12-16)29-10-6-8-15-7-5-9-25(13-15)18(28)17(27)14-26/h11-12,15,17,26-27H,5-10,13-14H2,1-4H3/t15-,17+/m1/s1. The number of piperidine rings is 1. The first-order valence-corrected chi connectivity index (χ1v) is 11.0. The fraction of sp³-hybridized carbons (Fsp3) is 0.762. The van der Waals surface area contributed by atoms with E-state index in [4.69, 9.17) is 19.2 Å². The number of hydrogen-bond donors (Lipinski definition) is 2. The first-order chi connectivity index (χ1) is 14.6. The van der Waals surface area contributed by atoms with E-state index in [1.165, 1.54) is 0 Å². The van der Waals surface area contributed by atoms with Crippen molar-refractivity contribution in [2.45, 2.75) is 70.7 Å². The molecule has 0 aromatic carbocycles. The minimum absolute atomic E-state index is 0.312. The predicted octanol–water partition coefficient (Wildman–Crippen LogP) is 0.527. The molecule has 0 unspecified atom stereocenters. The zero-order valence-electron chi connectivity index (χ0n) is 18.9. The van der Waals surface area contributed by atoms with Gasteiger partial charge in [0.1, 0.15) is 0 Å². The molecule has 2 N–H and O–H groups in total. The van der Waals surface area contributed by atoms with Gasteiger partial charge in [-0.25, -0.2) is 9.97 Å². The minimum Gasteiger partial charge on any atom is -0.463 e. The average molecular weight is 435 g/mol. The summed E-state index contributed by atoms with van der Waals surface area (Å²) in [7, 11) is -0.500. The first-order valence-electron chi connectivity index (χ1n) is 11.0. The summed E-state index contributed by atoms with van der Waals surface area (Å²) in [4.78, 5) is 22.2. The quantitative estimate of drug-likeness (QED) is 0.449. The van der Waals surface area contributed by atoms with E-state index >= 15 is 0 Å². The number of rotatable bonds is 8. The number of aliphatic hydroxyl groups excluding tert-OH is 2. The maximum Gasteiger partial charge on any atom is 0.498 e. The van der Waals surface area contributed by atoms with Crippen molar-refractivity contribution >= 4 is 18.5 Å². The molecule has 2 aliphatic rings. The Hall–Kier alpha value is -1.75. The molecule has 0 bridgehead atoms. The molecule has 2 atom stereocenters. The molecule has 2 aliphatic heterocycles. The highest BCUT2D eigenvalue weighted by Crippen LogP contribution is 2.36. The Bertz CT molecular complexity index is 729. The third-order valence-electron chi connectivity index (χ3n) is 6.45. The molecule has 0 spiro atoms. The van der Waals surface area contributed by atoms with Gasteiger partial charge in [0.15, 0.2) is 6.10 Å². The fourth-order valence-corrected chi connectivity index (χ4v) is 3.83. The van der Waals surface area contributed by atoms with Crippen LogP contribution in [0.25, 0.3) is 0 Å². The molecular weight excluding hydrogens is 401 g/mol. The zero-order valence-corrected chi connectivity index (χ0v) is 18.9. The second-order valence-electron chi connectivity index (χ2n) is 9.37. The second-order valence-corrected chi connectivity index (χ2v) is 9.37. The van der Waals surface area contributed by atoms with Crippen LogP contribution in [0.5, 0.6) is 6.01 Å². The zero-order chi connectivity index (χ0) is 22.6. The van der Waals surface area contributed by atoms with Crippen LogP contribution in [0, 0.1) is 5.92 Å². The number of likely N-dealkylation sites (tertiary alicyclic amines) is 1. The number of aromatic nitrogens is 2. The Morgan fingerprint density at radius 1 is 1.29 bits per heavy atom. The molecule has 31 heavy (non-hydrogen) atoms. The van der Waals surface area contributed by atoms with Gasteiger partial charge in [-0.3, -0.25) is 4.79 Å². The Labute approximate surface area is 184 Å². The van der Waals surface area contributed by atoms with Crippen molar-refractivity contribution in [3.8, 4) is 6.01 Å². The van der Waals surface area contributed by atoms with Crippen molar-refractivity contribution in [2.24, 2.45) is 5.92 Å². The molecule has 10 heteroatoms.